The van der Waals surface area contributed by atoms with Crippen LogP contribution in [0.2, 0.25) is 0 Å². The van der Waals surface area contributed by atoms with Crippen LogP contribution in [0.15, 0.2) is 41.0 Å². The van der Waals surface area contributed by atoms with Crippen LogP contribution < -0.4 is 4.74 Å². The standard InChI is InChI=1S/C13H12O3/c1-9-7-10(8-16-9)13(14)11-5-3-4-6-12(11)15-2/h3-8H,1-2H3. The van der Waals surface area contributed by atoms with Crippen LogP contribution in [0.25, 0.3) is 0 Å². The second kappa shape index (κ2) is 4.23. The van der Waals surface area contributed by atoms with Gasteiger partial charge in [-0.3, -0.25) is 4.79 Å². The Labute approximate surface area is 93.7 Å². The van der Waals surface area contributed by atoms with Gasteiger partial charge in [-0.1, -0.05) is 12.1 Å². The van der Waals surface area contributed by atoms with Gasteiger partial charge in [0.1, 0.15) is 17.8 Å². The minimum absolute atomic E-state index is 0.0886. The number of rotatable bonds is 3. The molecular formula is C13H12O3. The number of carbonyl (C=O) groups is 1. The average molecular weight is 216 g/mol. The first-order valence-electron chi connectivity index (χ1n) is 4.95. The summed E-state index contributed by atoms with van der Waals surface area (Å²) in [6.07, 6.45) is 1.46. The van der Waals surface area contributed by atoms with E-state index in [-0.39, 0.29) is 5.78 Å². The van der Waals surface area contributed by atoms with Gasteiger partial charge in [-0.05, 0) is 25.1 Å². The van der Waals surface area contributed by atoms with E-state index in [2.05, 4.69) is 0 Å². The molecule has 0 fully saturated rings. The topological polar surface area (TPSA) is 39.4 Å². The van der Waals surface area contributed by atoms with Crippen LogP contribution in [0.4, 0.5) is 0 Å². The van der Waals surface area contributed by atoms with E-state index < -0.39 is 0 Å². The Kier molecular flexibility index (Phi) is 2.77. The van der Waals surface area contributed by atoms with Crippen molar-refractivity contribution >= 4 is 5.78 Å². The lowest BCUT2D eigenvalue weighted by molar-refractivity contribution is 0.103. The molecule has 0 aliphatic rings. The second-order valence-electron chi connectivity index (χ2n) is 3.48. The quantitative estimate of drug-likeness (QED) is 0.740. The molecule has 1 aromatic heterocycles. The molecule has 2 aromatic rings. The van der Waals surface area contributed by atoms with Crippen LogP contribution in [0.5, 0.6) is 5.75 Å². The van der Waals surface area contributed by atoms with Crippen molar-refractivity contribution in [1.29, 1.82) is 0 Å². The number of methoxy groups -OCH3 is 1. The molecule has 0 unspecified atom stereocenters. The number of aryl methyl sites for hydroxylation is 1. The van der Waals surface area contributed by atoms with E-state index in [4.69, 9.17) is 9.15 Å². The van der Waals surface area contributed by atoms with Gasteiger partial charge in [-0.25, -0.2) is 0 Å². The summed E-state index contributed by atoms with van der Waals surface area (Å²) in [6, 6.07) is 8.86. The molecule has 0 bridgehead atoms. The molecule has 1 aromatic carbocycles. The summed E-state index contributed by atoms with van der Waals surface area (Å²) in [5.74, 6) is 1.21. The van der Waals surface area contributed by atoms with Crippen molar-refractivity contribution in [1.82, 2.24) is 0 Å². The fourth-order valence-corrected chi connectivity index (χ4v) is 1.55. The number of hydrogen-bond donors (Lipinski definition) is 0. The molecule has 0 amide bonds. The van der Waals surface area contributed by atoms with Crippen molar-refractivity contribution in [3.05, 3.63) is 53.5 Å². The maximum absolute atomic E-state index is 12.1. The number of furan rings is 1. The lowest BCUT2D eigenvalue weighted by Crippen LogP contribution is -2.02. The first-order valence-corrected chi connectivity index (χ1v) is 4.95. The minimum Gasteiger partial charge on any atom is -0.496 e. The first-order chi connectivity index (χ1) is 7.72. The molecular weight excluding hydrogens is 204 g/mol. The minimum atomic E-state index is -0.0886. The highest BCUT2D eigenvalue weighted by Gasteiger charge is 2.15. The molecule has 3 heteroatoms. The van der Waals surface area contributed by atoms with E-state index in [0.29, 0.717) is 16.9 Å². The summed E-state index contributed by atoms with van der Waals surface area (Å²) in [5.41, 5.74) is 1.09. The monoisotopic (exact) mass is 216 g/mol. The Morgan fingerprint density at radius 2 is 2.06 bits per heavy atom. The normalized spacial score (nSPS) is 10.1. The lowest BCUT2D eigenvalue weighted by Gasteiger charge is -2.05. The molecule has 0 N–H and O–H groups in total. The van der Waals surface area contributed by atoms with Crippen LogP contribution in [-0.4, -0.2) is 12.9 Å². The summed E-state index contributed by atoms with van der Waals surface area (Å²) in [7, 11) is 1.55. The number of ether oxygens (including phenoxy) is 1. The van der Waals surface area contributed by atoms with Crippen molar-refractivity contribution in [2.75, 3.05) is 7.11 Å². The number of benzene rings is 1. The predicted molar refractivity (Wildman–Crippen MR) is 59.9 cm³/mol. The third kappa shape index (κ3) is 1.84. The fraction of sp³-hybridized carbons (Fsp3) is 0.154. The molecule has 3 nitrogen and oxygen atoms in total. The van der Waals surface area contributed by atoms with E-state index in [9.17, 15) is 4.79 Å². The predicted octanol–water partition coefficient (Wildman–Crippen LogP) is 2.83. The van der Waals surface area contributed by atoms with Gasteiger partial charge in [0.2, 0.25) is 0 Å². The average Bonchev–Trinajstić information content (AvgIpc) is 2.75. The van der Waals surface area contributed by atoms with E-state index in [1.165, 1.54) is 6.26 Å². The molecule has 2 rings (SSSR count). The third-order valence-electron chi connectivity index (χ3n) is 2.34. The van der Waals surface area contributed by atoms with E-state index in [0.717, 1.165) is 5.76 Å². The van der Waals surface area contributed by atoms with Crippen LogP contribution in [0, 0.1) is 6.92 Å². The zero-order chi connectivity index (χ0) is 11.5. The largest absolute Gasteiger partial charge is 0.496 e. The van der Waals surface area contributed by atoms with Crippen LogP contribution >= 0.6 is 0 Å². The van der Waals surface area contributed by atoms with Crippen molar-refractivity contribution in [3.8, 4) is 5.75 Å². The Balaban J connectivity index is 2.41. The van der Waals surface area contributed by atoms with Gasteiger partial charge in [0.05, 0.1) is 18.2 Å². The van der Waals surface area contributed by atoms with Crippen LogP contribution in [-0.2, 0) is 0 Å². The van der Waals surface area contributed by atoms with Crippen molar-refractivity contribution in [3.63, 3.8) is 0 Å². The van der Waals surface area contributed by atoms with E-state index in [1.807, 2.05) is 12.1 Å². The van der Waals surface area contributed by atoms with Gasteiger partial charge in [0, 0.05) is 0 Å². The number of carbonyl (C=O) groups excluding carboxylic acids is 1. The van der Waals surface area contributed by atoms with Crippen molar-refractivity contribution < 1.29 is 13.9 Å². The molecule has 0 saturated carbocycles. The summed E-state index contributed by atoms with van der Waals surface area (Å²) >= 11 is 0. The van der Waals surface area contributed by atoms with E-state index >= 15 is 0 Å². The van der Waals surface area contributed by atoms with Crippen molar-refractivity contribution in [2.45, 2.75) is 6.92 Å². The van der Waals surface area contributed by atoms with Crippen LogP contribution in [0.3, 0.4) is 0 Å². The lowest BCUT2D eigenvalue weighted by atomic mass is 10.0. The molecule has 0 atom stereocenters. The SMILES string of the molecule is COc1ccccc1C(=O)c1coc(C)c1. The summed E-state index contributed by atoms with van der Waals surface area (Å²) in [4.78, 5) is 12.1. The maximum Gasteiger partial charge on any atom is 0.199 e. The molecule has 0 spiro atoms. The maximum atomic E-state index is 12.1. The highest BCUT2D eigenvalue weighted by Crippen LogP contribution is 2.21. The summed E-state index contributed by atoms with van der Waals surface area (Å²) in [6.45, 7) is 1.80. The summed E-state index contributed by atoms with van der Waals surface area (Å²) < 4.78 is 10.3. The zero-order valence-corrected chi connectivity index (χ0v) is 9.19. The van der Waals surface area contributed by atoms with E-state index in [1.54, 1.807) is 32.2 Å². The number of hydrogen-bond acceptors (Lipinski definition) is 3. The molecule has 0 aliphatic carbocycles. The fourth-order valence-electron chi connectivity index (χ4n) is 1.55. The Morgan fingerprint density at radius 1 is 1.31 bits per heavy atom. The highest BCUT2D eigenvalue weighted by molar-refractivity contribution is 6.10. The Bertz CT molecular complexity index is 511. The number of ketones is 1. The van der Waals surface area contributed by atoms with Gasteiger partial charge in [-0.15, -0.1) is 0 Å². The Morgan fingerprint density at radius 3 is 2.69 bits per heavy atom. The smallest absolute Gasteiger partial charge is 0.199 e. The van der Waals surface area contributed by atoms with Gasteiger partial charge in [-0.2, -0.15) is 0 Å². The molecule has 0 saturated heterocycles. The third-order valence-corrected chi connectivity index (χ3v) is 2.34. The van der Waals surface area contributed by atoms with Gasteiger partial charge in [0.25, 0.3) is 0 Å². The van der Waals surface area contributed by atoms with Gasteiger partial charge in [0.15, 0.2) is 5.78 Å². The molecule has 1 heterocycles. The molecule has 0 aliphatic heterocycles. The zero-order valence-electron chi connectivity index (χ0n) is 9.19. The van der Waals surface area contributed by atoms with Crippen molar-refractivity contribution in [2.24, 2.45) is 0 Å². The Hall–Kier alpha value is -2.03. The van der Waals surface area contributed by atoms with Crippen LogP contribution in [0.1, 0.15) is 21.7 Å². The van der Waals surface area contributed by atoms with Gasteiger partial charge >= 0.3 is 0 Å². The number of para-hydroxylation sites is 1. The molecule has 82 valence electrons. The molecule has 16 heavy (non-hydrogen) atoms. The highest BCUT2D eigenvalue weighted by atomic mass is 16.5. The molecule has 0 radical (unpaired) electrons. The first kappa shape index (κ1) is 10.5. The van der Waals surface area contributed by atoms with Gasteiger partial charge < -0.3 is 9.15 Å². The summed E-state index contributed by atoms with van der Waals surface area (Å²) in [5, 5.41) is 0. The second-order valence-corrected chi connectivity index (χ2v) is 3.48.